The van der Waals surface area contributed by atoms with Crippen LogP contribution in [0.1, 0.15) is 16.7 Å². The van der Waals surface area contributed by atoms with E-state index in [1.807, 2.05) is 36.4 Å². The smallest absolute Gasteiger partial charge is 0.125 e. The molecule has 0 atom stereocenters. The highest BCUT2D eigenvalue weighted by Crippen LogP contribution is 2.42. The maximum atomic E-state index is 10.4. The second-order valence-electron chi connectivity index (χ2n) is 5.44. The lowest BCUT2D eigenvalue weighted by Crippen LogP contribution is -2.07. The first-order chi connectivity index (χ1) is 11.2. The van der Waals surface area contributed by atoms with Crippen molar-refractivity contribution in [1.82, 2.24) is 0 Å². The zero-order valence-electron chi connectivity index (χ0n) is 12.6. The molecule has 0 unspecified atom stereocenters. The molecule has 3 aromatic carbocycles. The summed E-state index contributed by atoms with van der Waals surface area (Å²) in [5, 5.41) is 22.1. The third-order valence-electron chi connectivity index (χ3n) is 4.24. The van der Waals surface area contributed by atoms with Gasteiger partial charge in [-0.05, 0) is 23.6 Å². The zero-order chi connectivity index (χ0) is 16.0. The van der Waals surface area contributed by atoms with E-state index in [4.69, 9.17) is 9.73 Å². The maximum Gasteiger partial charge on any atom is 0.125 e. The van der Waals surface area contributed by atoms with Gasteiger partial charge in [0.05, 0.1) is 30.7 Å². The summed E-state index contributed by atoms with van der Waals surface area (Å²) in [4.78, 5) is 4.70. The van der Waals surface area contributed by atoms with E-state index in [1.165, 1.54) is 0 Å². The second-order valence-corrected chi connectivity index (χ2v) is 5.44. The Hall–Kier alpha value is -2.85. The molecule has 4 rings (SSSR count). The van der Waals surface area contributed by atoms with Gasteiger partial charge in [-0.1, -0.05) is 30.3 Å². The number of hydrogen-bond donors (Lipinski definition) is 2. The van der Waals surface area contributed by atoms with Crippen molar-refractivity contribution in [1.29, 1.82) is 0 Å². The van der Waals surface area contributed by atoms with Crippen LogP contribution in [0.2, 0.25) is 0 Å². The molecule has 0 fully saturated rings. The van der Waals surface area contributed by atoms with Gasteiger partial charge in [-0.15, -0.1) is 0 Å². The van der Waals surface area contributed by atoms with E-state index in [0.717, 1.165) is 22.0 Å². The quantitative estimate of drug-likeness (QED) is 0.608. The first-order valence-electron chi connectivity index (χ1n) is 7.35. The Morgan fingerprint density at radius 1 is 1.04 bits per heavy atom. The lowest BCUT2D eigenvalue weighted by Gasteiger charge is -2.13. The number of ether oxygens (including phenoxy) is 1. The highest BCUT2D eigenvalue weighted by molar-refractivity contribution is 6.28. The molecule has 0 saturated carbocycles. The second kappa shape index (κ2) is 5.11. The molecule has 23 heavy (non-hydrogen) atoms. The molecule has 0 aliphatic carbocycles. The van der Waals surface area contributed by atoms with E-state index in [1.54, 1.807) is 19.2 Å². The first kappa shape index (κ1) is 13.8. The summed E-state index contributed by atoms with van der Waals surface area (Å²) in [5.74, 6) is 0.795. The van der Waals surface area contributed by atoms with Gasteiger partial charge in [0.2, 0.25) is 0 Å². The molecule has 114 valence electrons. The molecule has 0 bridgehead atoms. The molecule has 2 N–H and O–H groups in total. The number of aliphatic hydroxyl groups is 1. The van der Waals surface area contributed by atoms with Crippen LogP contribution in [0, 0.1) is 0 Å². The summed E-state index contributed by atoms with van der Waals surface area (Å²) >= 11 is 0. The number of aliphatic hydroxyl groups excluding tert-OH is 1. The SMILES string of the molecule is COc1cccc(C2=Nc3cccc4ccc(O)c2c34)c1CO. The van der Waals surface area contributed by atoms with Crippen molar-refractivity contribution in [2.24, 2.45) is 4.99 Å². The van der Waals surface area contributed by atoms with Gasteiger partial charge in [-0.3, -0.25) is 0 Å². The number of aromatic hydroxyl groups is 1. The number of aliphatic imine (C=N–C) groups is 1. The predicted molar refractivity (Wildman–Crippen MR) is 89.8 cm³/mol. The van der Waals surface area contributed by atoms with Crippen molar-refractivity contribution in [3.63, 3.8) is 0 Å². The first-order valence-corrected chi connectivity index (χ1v) is 7.35. The van der Waals surface area contributed by atoms with E-state index in [-0.39, 0.29) is 12.4 Å². The summed E-state index contributed by atoms with van der Waals surface area (Å²) in [5.41, 5.74) is 3.64. The molecule has 3 aromatic rings. The minimum Gasteiger partial charge on any atom is -0.507 e. The Morgan fingerprint density at radius 3 is 2.65 bits per heavy atom. The fraction of sp³-hybridized carbons (Fsp3) is 0.105. The standard InChI is InChI=1S/C19H15NO3/c1-23-16-7-3-5-12(13(16)10-21)19-18-15(22)9-8-11-4-2-6-14(20-19)17(11)18/h2-9,21-22H,10H2,1H3. The average Bonchev–Trinajstić information content (AvgIpc) is 2.98. The summed E-state index contributed by atoms with van der Waals surface area (Å²) < 4.78 is 5.34. The van der Waals surface area contributed by atoms with Crippen molar-refractivity contribution >= 4 is 22.2 Å². The van der Waals surface area contributed by atoms with Crippen LogP contribution >= 0.6 is 0 Å². The molecule has 4 heteroatoms. The van der Waals surface area contributed by atoms with Gasteiger partial charge < -0.3 is 14.9 Å². The maximum absolute atomic E-state index is 10.4. The molecule has 1 aliphatic rings. The van der Waals surface area contributed by atoms with Gasteiger partial charge in [-0.25, -0.2) is 4.99 Å². The van der Waals surface area contributed by atoms with Gasteiger partial charge in [0, 0.05) is 16.5 Å². The normalized spacial score (nSPS) is 12.5. The highest BCUT2D eigenvalue weighted by Gasteiger charge is 2.25. The number of benzene rings is 3. The van der Waals surface area contributed by atoms with Crippen LogP contribution in [-0.2, 0) is 6.61 Å². The van der Waals surface area contributed by atoms with Crippen LogP contribution in [0.3, 0.4) is 0 Å². The van der Waals surface area contributed by atoms with E-state index >= 15 is 0 Å². The topological polar surface area (TPSA) is 62.0 Å². The van der Waals surface area contributed by atoms with Crippen LogP contribution in [0.15, 0.2) is 53.5 Å². The average molecular weight is 305 g/mol. The van der Waals surface area contributed by atoms with Gasteiger partial charge in [0.15, 0.2) is 0 Å². The fourth-order valence-electron chi connectivity index (χ4n) is 3.19. The van der Waals surface area contributed by atoms with Crippen LogP contribution in [-0.4, -0.2) is 23.0 Å². The number of methoxy groups -OCH3 is 1. The molecule has 0 amide bonds. The number of phenolic OH excluding ortho intramolecular Hbond substituents is 1. The highest BCUT2D eigenvalue weighted by atomic mass is 16.5. The molecule has 0 spiro atoms. The summed E-state index contributed by atoms with van der Waals surface area (Å²) in [7, 11) is 1.57. The minimum atomic E-state index is -0.161. The molecular formula is C19H15NO3. The van der Waals surface area contributed by atoms with Crippen molar-refractivity contribution in [3.8, 4) is 11.5 Å². The molecule has 0 saturated heterocycles. The third-order valence-corrected chi connectivity index (χ3v) is 4.24. The Morgan fingerprint density at radius 2 is 1.87 bits per heavy atom. The number of rotatable bonds is 3. The predicted octanol–water partition coefficient (Wildman–Crippen LogP) is 3.53. The van der Waals surface area contributed by atoms with E-state index in [0.29, 0.717) is 22.6 Å². The number of nitrogens with zero attached hydrogens (tertiary/aromatic N) is 1. The van der Waals surface area contributed by atoms with Crippen LogP contribution < -0.4 is 4.74 Å². The van der Waals surface area contributed by atoms with Crippen molar-refractivity contribution in [3.05, 3.63) is 65.2 Å². The third kappa shape index (κ3) is 1.92. The van der Waals surface area contributed by atoms with E-state index in [2.05, 4.69) is 0 Å². The molecule has 0 radical (unpaired) electrons. The summed E-state index contributed by atoms with van der Waals surface area (Å²) in [6.07, 6.45) is 0. The Balaban J connectivity index is 2.03. The summed E-state index contributed by atoms with van der Waals surface area (Å²) in [6.45, 7) is -0.161. The Labute approximate surface area is 133 Å². The molecule has 0 aromatic heterocycles. The molecule has 1 aliphatic heterocycles. The van der Waals surface area contributed by atoms with Crippen molar-refractivity contribution in [2.45, 2.75) is 6.61 Å². The lowest BCUT2D eigenvalue weighted by molar-refractivity contribution is 0.273. The molecule has 1 heterocycles. The van der Waals surface area contributed by atoms with Crippen molar-refractivity contribution in [2.75, 3.05) is 7.11 Å². The van der Waals surface area contributed by atoms with Gasteiger partial charge in [-0.2, -0.15) is 0 Å². The van der Waals surface area contributed by atoms with Crippen LogP contribution in [0.5, 0.6) is 11.5 Å². The number of phenols is 1. The Bertz CT molecular complexity index is 960. The zero-order valence-corrected chi connectivity index (χ0v) is 12.6. The summed E-state index contributed by atoms with van der Waals surface area (Å²) in [6, 6.07) is 15.0. The van der Waals surface area contributed by atoms with E-state index in [9.17, 15) is 10.2 Å². The largest absolute Gasteiger partial charge is 0.507 e. The minimum absolute atomic E-state index is 0.161. The Kier molecular flexibility index (Phi) is 3.06. The molecule has 4 nitrogen and oxygen atoms in total. The van der Waals surface area contributed by atoms with Gasteiger partial charge >= 0.3 is 0 Å². The van der Waals surface area contributed by atoms with E-state index < -0.39 is 0 Å². The van der Waals surface area contributed by atoms with Crippen LogP contribution in [0.4, 0.5) is 5.69 Å². The van der Waals surface area contributed by atoms with Gasteiger partial charge in [0.25, 0.3) is 0 Å². The van der Waals surface area contributed by atoms with Crippen LogP contribution in [0.25, 0.3) is 10.8 Å². The monoisotopic (exact) mass is 305 g/mol. The fourth-order valence-corrected chi connectivity index (χ4v) is 3.19. The van der Waals surface area contributed by atoms with Crippen molar-refractivity contribution < 1.29 is 14.9 Å². The molecular weight excluding hydrogens is 290 g/mol. The number of hydrogen-bond acceptors (Lipinski definition) is 4. The van der Waals surface area contributed by atoms with Gasteiger partial charge in [0.1, 0.15) is 11.5 Å². The lowest BCUT2D eigenvalue weighted by atomic mass is 9.94.